The third-order valence-corrected chi connectivity index (χ3v) is 4.83. The summed E-state index contributed by atoms with van der Waals surface area (Å²) in [6.07, 6.45) is 2.21. The summed E-state index contributed by atoms with van der Waals surface area (Å²) in [5.41, 5.74) is 1.08. The van der Waals surface area contributed by atoms with E-state index in [0.717, 1.165) is 29.5 Å². The number of benzene rings is 2. The zero-order valence-corrected chi connectivity index (χ0v) is 16.6. The highest BCUT2D eigenvalue weighted by Gasteiger charge is 2.17. The maximum Gasteiger partial charge on any atom is 0.255 e. The first kappa shape index (κ1) is 19.5. The molecule has 1 aliphatic rings. The number of methoxy groups -OCH3 is 1. The molecule has 0 bridgehead atoms. The van der Waals surface area contributed by atoms with Crippen LogP contribution in [0, 0.1) is 0 Å². The number of hydrogen-bond donors (Lipinski definition) is 2. The van der Waals surface area contributed by atoms with Crippen molar-refractivity contribution in [1.29, 1.82) is 0 Å². The molecule has 0 aromatic heterocycles. The molecule has 2 N–H and O–H groups in total. The third-order valence-electron chi connectivity index (χ3n) is 4.33. The van der Waals surface area contributed by atoms with Crippen LogP contribution in [0.4, 0.5) is 0 Å². The molecule has 1 aliphatic heterocycles. The number of halogens is 1. The lowest BCUT2D eigenvalue weighted by atomic mass is 10.1. The molecule has 0 aliphatic carbocycles. The van der Waals surface area contributed by atoms with Crippen LogP contribution in [-0.4, -0.2) is 37.4 Å². The van der Waals surface area contributed by atoms with Gasteiger partial charge in [0.2, 0.25) is 0 Å². The predicted molar refractivity (Wildman–Crippen MR) is 104 cm³/mol. The summed E-state index contributed by atoms with van der Waals surface area (Å²) in [5.74, 6) is 0.829. The van der Waals surface area contributed by atoms with Gasteiger partial charge in [-0.15, -0.1) is 0 Å². The lowest BCUT2D eigenvalue weighted by Crippen LogP contribution is -2.23. The molecule has 1 amide bonds. The maximum absolute atomic E-state index is 12.3. The molecule has 1 saturated heterocycles. The van der Waals surface area contributed by atoms with Gasteiger partial charge in [-0.25, -0.2) is 0 Å². The van der Waals surface area contributed by atoms with E-state index in [-0.39, 0.29) is 23.3 Å². The Morgan fingerprint density at radius 3 is 2.89 bits per heavy atom. The Hall–Kier alpha value is -2.25. The van der Waals surface area contributed by atoms with Crippen molar-refractivity contribution in [3.8, 4) is 17.2 Å². The molecule has 1 heterocycles. The number of rotatable bonds is 7. The Morgan fingerprint density at radius 2 is 2.15 bits per heavy atom. The van der Waals surface area contributed by atoms with Crippen molar-refractivity contribution in [3.05, 3.63) is 52.0 Å². The zero-order chi connectivity index (χ0) is 19.2. The average molecular weight is 436 g/mol. The highest BCUT2D eigenvalue weighted by atomic mass is 79.9. The van der Waals surface area contributed by atoms with Crippen molar-refractivity contribution in [1.82, 2.24) is 5.32 Å². The minimum Gasteiger partial charge on any atom is -0.507 e. The van der Waals surface area contributed by atoms with Crippen molar-refractivity contribution in [2.45, 2.75) is 25.5 Å². The van der Waals surface area contributed by atoms with E-state index in [1.807, 2.05) is 18.2 Å². The van der Waals surface area contributed by atoms with Gasteiger partial charge in [0.15, 0.2) is 11.5 Å². The SMILES string of the molecule is COc1cc(CNC(=O)c2cc(Br)ccc2O)ccc1OCC1CCCO1. The summed E-state index contributed by atoms with van der Waals surface area (Å²) < 4.78 is 17.5. The largest absolute Gasteiger partial charge is 0.507 e. The number of ether oxygens (including phenoxy) is 3. The van der Waals surface area contributed by atoms with Crippen LogP contribution in [0.25, 0.3) is 0 Å². The van der Waals surface area contributed by atoms with Crippen LogP contribution < -0.4 is 14.8 Å². The Labute approximate surface area is 166 Å². The Bertz CT molecular complexity index is 805. The molecule has 0 radical (unpaired) electrons. The number of carbonyl (C=O) groups excluding carboxylic acids is 1. The fourth-order valence-electron chi connectivity index (χ4n) is 2.87. The van der Waals surface area contributed by atoms with Gasteiger partial charge in [-0.2, -0.15) is 0 Å². The number of carbonyl (C=O) groups is 1. The number of hydrogen-bond acceptors (Lipinski definition) is 5. The molecular formula is C20H22BrNO5. The number of nitrogens with one attached hydrogen (secondary N) is 1. The summed E-state index contributed by atoms with van der Waals surface area (Å²) in [6.45, 7) is 1.58. The molecule has 0 saturated carbocycles. The monoisotopic (exact) mass is 435 g/mol. The molecule has 2 aromatic rings. The van der Waals surface area contributed by atoms with Crippen molar-refractivity contribution < 1.29 is 24.1 Å². The molecule has 3 rings (SSSR count). The molecule has 0 spiro atoms. The van der Waals surface area contributed by atoms with Gasteiger partial charge in [0.1, 0.15) is 12.4 Å². The van der Waals surface area contributed by atoms with E-state index in [4.69, 9.17) is 14.2 Å². The molecule has 1 atom stereocenters. The van der Waals surface area contributed by atoms with Gasteiger partial charge in [0, 0.05) is 17.6 Å². The van der Waals surface area contributed by atoms with Crippen LogP contribution in [0.5, 0.6) is 17.2 Å². The lowest BCUT2D eigenvalue weighted by molar-refractivity contribution is 0.0669. The van der Waals surface area contributed by atoms with Gasteiger partial charge in [-0.1, -0.05) is 22.0 Å². The number of phenolic OH excluding ortho intramolecular Hbond substituents is 1. The molecular weight excluding hydrogens is 414 g/mol. The summed E-state index contributed by atoms with van der Waals surface area (Å²) in [4.78, 5) is 12.3. The second-order valence-corrected chi connectivity index (χ2v) is 7.19. The zero-order valence-electron chi connectivity index (χ0n) is 15.0. The number of phenols is 1. The summed E-state index contributed by atoms with van der Waals surface area (Å²) in [7, 11) is 1.58. The Balaban J connectivity index is 1.61. The van der Waals surface area contributed by atoms with E-state index < -0.39 is 0 Å². The molecule has 1 unspecified atom stereocenters. The van der Waals surface area contributed by atoms with E-state index >= 15 is 0 Å². The smallest absolute Gasteiger partial charge is 0.255 e. The normalized spacial score (nSPS) is 16.1. The van der Waals surface area contributed by atoms with Crippen LogP contribution in [0.3, 0.4) is 0 Å². The van der Waals surface area contributed by atoms with Crippen LogP contribution in [0.15, 0.2) is 40.9 Å². The minimum atomic E-state index is -0.355. The van der Waals surface area contributed by atoms with Crippen LogP contribution in [0.2, 0.25) is 0 Å². The predicted octanol–water partition coefficient (Wildman–Crippen LogP) is 3.65. The highest BCUT2D eigenvalue weighted by molar-refractivity contribution is 9.10. The van der Waals surface area contributed by atoms with Crippen molar-refractivity contribution >= 4 is 21.8 Å². The third kappa shape index (κ3) is 5.14. The number of amides is 1. The van der Waals surface area contributed by atoms with Gasteiger partial charge >= 0.3 is 0 Å². The van der Waals surface area contributed by atoms with Gasteiger partial charge in [0.05, 0.1) is 18.8 Å². The summed E-state index contributed by atoms with van der Waals surface area (Å²) in [6, 6.07) is 10.2. The first-order chi connectivity index (χ1) is 13.1. The van der Waals surface area contributed by atoms with E-state index in [9.17, 15) is 9.90 Å². The van der Waals surface area contributed by atoms with Crippen LogP contribution in [-0.2, 0) is 11.3 Å². The van der Waals surface area contributed by atoms with Gasteiger partial charge in [0.25, 0.3) is 5.91 Å². The van der Waals surface area contributed by atoms with Crippen molar-refractivity contribution in [2.24, 2.45) is 0 Å². The lowest BCUT2D eigenvalue weighted by Gasteiger charge is -2.15. The first-order valence-corrected chi connectivity index (χ1v) is 9.54. The van der Waals surface area contributed by atoms with Crippen LogP contribution in [0.1, 0.15) is 28.8 Å². The Kier molecular flexibility index (Phi) is 6.58. The van der Waals surface area contributed by atoms with E-state index in [0.29, 0.717) is 24.7 Å². The summed E-state index contributed by atoms with van der Waals surface area (Å²) >= 11 is 3.30. The topological polar surface area (TPSA) is 77.0 Å². The molecule has 7 heteroatoms. The Morgan fingerprint density at radius 1 is 1.30 bits per heavy atom. The van der Waals surface area contributed by atoms with Gasteiger partial charge in [-0.3, -0.25) is 4.79 Å². The fourth-order valence-corrected chi connectivity index (χ4v) is 3.23. The van der Waals surface area contributed by atoms with Gasteiger partial charge in [-0.05, 0) is 48.7 Å². The van der Waals surface area contributed by atoms with E-state index in [1.54, 1.807) is 19.2 Å². The van der Waals surface area contributed by atoms with E-state index in [1.165, 1.54) is 6.07 Å². The minimum absolute atomic E-state index is 0.0637. The van der Waals surface area contributed by atoms with Crippen molar-refractivity contribution in [2.75, 3.05) is 20.3 Å². The standard InChI is InChI=1S/C20H22BrNO5/c1-25-19-9-13(4-7-18(19)27-12-15-3-2-8-26-15)11-22-20(24)16-10-14(21)5-6-17(16)23/h4-7,9-10,15,23H,2-3,8,11-12H2,1H3,(H,22,24). The second kappa shape index (κ2) is 9.10. The first-order valence-electron chi connectivity index (χ1n) is 8.75. The summed E-state index contributed by atoms with van der Waals surface area (Å²) in [5, 5.41) is 12.6. The second-order valence-electron chi connectivity index (χ2n) is 6.28. The molecule has 6 nitrogen and oxygen atoms in total. The number of aromatic hydroxyl groups is 1. The van der Waals surface area contributed by atoms with E-state index in [2.05, 4.69) is 21.2 Å². The molecule has 2 aromatic carbocycles. The molecule has 144 valence electrons. The van der Waals surface area contributed by atoms with Crippen LogP contribution >= 0.6 is 15.9 Å². The quantitative estimate of drug-likeness (QED) is 0.693. The molecule has 1 fully saturated rings. The fraction of sp³-hybridized carbons (Fsp3) is 0.350. The maximum atomic E-state index is 12.3. The molecule has 27 heavy (non-hydrogen) atoms. The van der Waals surface area contributed by atoms with Crippen molar-refractivity contribution in [3.63, 3.8) is 0 Å². The highest BCUT2D eigenvalue weighted by Crippen LogP contribution is 2.29. The van der Waals surface area contributed by atoms with Gasteiger partial charge < -0.3 is 24.6 Å². The average Bonchev–Trinajstić information content (AvgIpc) is 3.20.